The smallest absolute Gasteiger partial charge is 0.276 e. The number of hydrogen-bond acceptors (Lipinski definition) is 6. The summed E-state index contributed by atoms with van der Waals surface area (Å²) < 4.78 is 10.6. The number of hydrogen-bond donors (Lipinski definition) is 2. The summed E-state index contributed by atoms with van der Waals surface area (Å²) >= 11 is 0. The Labute approximate surface area is 120 Å². The molecule has 0 radical (unpaired) electrons. The number of nitrogens with zero attached hydrogens (tertiary/aromatic N) is 3. The molecule has 4 rings (SSSR count). The van der Waals surface area contributed by atoms with E-state index in [9.17, 15) is 0 Å². The van der Waals surface area contributed by atoms with Crippen LogP contribution in [0, 0.1) is 0 Å². The van der Waals surface area contributed by atoms with Gasteiger partial charge >= 0.3 is 0 Å². The molecule has 0 saturated heterocycles. The summed E-state index contributed by atoms with van der Waals surface area (Å²) in [5.74, 6) is 1.65. The lowest BCUT2D eigenvalue weighted by molar-refractivity contribution is 0.372. The van der Waals surface area contributed by atoms with Gasteiger partial charge < -0.3 is 14.7 Å². The van der Waals surface area contributed by atoms with Gasteiger partial charge in [0.1, 0.15) is 11.4 Å². The van der Waals surface area contributed by atoms with Crippen LogP contribution in [0.3, 0.4) is 0 Å². The number of aromatic amines is 1. The van der Waals surface area contributed by atoms with E-state index in [0.717, 1.165) is 25.7 Å². The first-order valence-corrected chi connectivity index (χ1v) is 6.97. The van der Waals surface area contributed by atoms with Gasteiger partial charge in [-0.2, -0.15) is 10.1 Å². The van der Waals surface area contributed by atoms with Crippen LogP contribution in [0.2, 0.25) is 0 Å². The molecule has 3 aromatic rings. The fourth-order valence-corrected chi connectivity index (χ4v) is 2.75. The zero-order valence-electron chi connectivity index (χ0n) is 11.4. The zero-order valence-corrected chi connectivity index (χ0v) is 11.4. The van der Waals surface area contributed by atoms with Gasteiger partial charge in [-0.15, -0.1) is 0 Å². The lowest BCUT2D eigenvalue weighted by Crippen LogP contribution is -2.34. The number of H-pyrrole nitrogens is 1. The Morgan fingerprint density at radius 1 is 1.29 bits per heavy atom. The van der Waals surface area contributed by atoms with Crippen molar-refractivity contribution in [1.82, 2.24) is 20.3 Å². The first-order chi connectivity index (χ1) is 10.2. The molecule has 3 aromatic heterocycles. The van der Waals surface area contributed by atoms with Crippen LogP contribution < -0.4 is 5.73 Å². The van der Waals surface area contributed by atoms with Crippen LogP contribution in [-0.4, -0.2) is 20.3 Å². The summed E-state index contributed by atoms with van der Waals surface area (Å²) in [6.45, 7) is 0. The molecule has 0 spiro atoms. The SMILES string of the molecule is NC1(c2noc(-c3cc(-c4ccco4)n[nH]3)n2)CCCC1. The second-order valence-corrected chi connectivity index (χ2v) is 5.43. The summed E-state index contributed by atoms with van der Waals surface area (Å²) in [5.41, 5.74) is 7.22. The van der Waals surface area contributed by atoms with E-state index in [1.54, 1.807) is 6.26 Å². The highest BCUT2D eigenvalue weighted by molar-refractivity contribution is 5.59. The molecule has 1 aliphatic carbocycles. The van der Waals surface area contributed by atoms with Crippen LogP contribution in [-0.2, 0) is 5.54 Å². The number of furan rings is 1. The molecule has 7 heteroatoms. The molecule has 0 amide bonds. The van der Waals surface area contributed by atoms with Crippen LogP contribution in [0.15, 0.2) is 33.4 Å². The normalized spacial score (nSPS) is 17.4. The highest BCUT2D eigenvalue weighted by atomic mass is 16.5. The van der Waals surface area contributed by atoms with Crippen molar-refractivity contribution in [2.45, 2.75) is 31.2 Å². The monoisotopic (exact) mass is 285 g/mol. The predicted molar refractivity (Wildman–Crippen MR) is 73.9 cm³/mol. The summed E-state index contributed by atoms with van der Waals surface area (Å²) in [5, 5.41) is 11.1. The Bertz CT molecular complexity index is 737. The summed E-state index contributed by atoms with van der Waals surface area (Å²) in [4.78, 5) is 4.42. The molecular formula is C14H15N5O2. The maximum Gasteiger partial charge on any atom is 0.276 e. The number of aromatic nitrogens is 4. The van der Waals surface area contributed by atoms with Gasteiger partial charge in [-0.25, -0.2) is 0 Å². The molecule has 1 saturated carbocycles. The molecule has 3 N–H and O–H groups in total. The first-order valence-electron chi connectivity index (χ1n) is 6.97. The maximum atomic E-state index is 6.33. The fraction of sp³-hybridized carbons (Fsp3) is 0.357. The standard InChI is InChI=1S/C14H15N5O2/c15-14(5-1-2-6-14)13-16-12(21-19-13)10-8-9(17-18-10)11-4-3-7-20-11/h3-4,7-8H,1-2,5-6,15H2,(H,17,18). The van der Waals surface area contributed by atoms with Gasteiger partial charge in [0.2, 0.25) is 0 Å². The van der Waals surface area contributed by atoms with E-state index in [1.807, 2.05) is 18.2 Å². The molecule has 108 valence electrons. The zero-order chi connectivity index (χ0) is 14.3. The molecule has 0 aliphatic heterocycles. The average Bonchev–Trinajstić information content (AvgIpc) is 3.25. The third-order valence-electron chi connectivity index (χ3n) is 3.95. The number of nitrogens with one attached hydrogen (secondary N) is 1. The molecule has 1 fully saturated rings. The molecule has 0 unspecified atom stereocenters. The van der Waals surface area contributed by atoms with Crippen molar-refractivity contribution in [1.29, 1.82) is 0 Å². The van der Waals surface area contributed by atoms with Crippen molar-refractivity contribution < 1.29 is 8.94 Å². The molecule has 3 heterocycles. The Morgan fingerprint density at radius 2 is 2.14 bits per heavy atom. The summed E-state index contributed by atoms with van der Waals surface area (Å²) in [7, 11) is 0. The summed E-state index contributed by atoms with van der Waals surface area (Å²) in [6.07, 6.45) is 5.60. The molecule has 0 bridgehead atoms. The maximum absolute atomic E-state index is 6.33. The highest BCUT2D eigenvalue weighted by Gasteiger charge is 2.36. The van der Waals surface area contributed by atoms with Gasteiger partial charge in [-0.05, 0) is 25.0 Å². The molecule has 1 aliphatic rings. The van der Waals surface area contributed by atoms with Crippen molar-refractivity contribution in [2.24, 2.45) is 5.73 Å². The van der Waals surface area contributed by atoms with Gasteiger partial charge in [0.05, 0.1) is 11.8 Å². The van der Waals surface area contributed by atoms with E-state index in [2.05, 4.69) is 20.3 Å². The highest BCUT2D eigenvalue weighted by Crippen LogP contribution is 2.35. The van der Waals surface area contributed by atoms with Gasteiger partial charge in [0.15, 0.2) is 11.6 Å². The third kappa shape index (κ3) is 2.06. The molecule has 0 atom stereocenters. The van der Waals surface area contributed by atoms with Crippen molar-refractivity contribution in [3.05, 3.63) is 30.3 Å². The predicted octanol–water partition coefficient (Wildman–Crippen LogP) is 2.45. The van der Waals surface area contributed by atoms with Crippen molar-refractivity contribution in [3.8, 4) is 23.0 Å². The largest absolute Gasteiger partial charge is 0.463 e. The summed E-state index contributed by atoms with van der Waals surface area (Å²) in [6, 6.07) is 5.47. The topological polar surface area (TPSA) is 107 Å². The average molecular weight is 285 g/mol. The van der Waals surface area contributed by atoms with E-state index >= 15 is 0 Å². The second-order valence-electron chi connectivity index (χ2n) is 5.43. The minimum Gasteiger partial charge on any atom is -0.463 e. The fourth-order valence-electron chi connectivity index (χ4n) is 2.75. The number of nitrogens with two attached hydrogens (primary N) is 1. The van der Waals surface area contributed by atoms with Crippen molar-refractivity contribution >= 4 is 0 Å². The minimum atomic E-state index is -0.453. The van der Waals surface area contributed by atoms with E-state index < -0.39 is 5.54 Å². The van der Waals surface area contributed by atoms with Crippen LogP contribution in [0.1, 0.15) is 31.5 Å². The van der Waals surface area contributed by atoms with Crippen LogP contribution in [0.4, 0.5) is 0 Å². The van der Waals surface area contributed by atoms with Crippen LogP contribution in [0.5, 0.6) is 0 Å². The Balaban J connectivity index is 1.64. The van der Waals surface area contributed by atoms with Crippen LogP contribution in [0.25, 0.3) is 23.0 Å². The third-order valence-corrected chi connectivity index (χ3v) is 3.95. The lowest BCUT2D eigenvalue weighted by atomic mass is 9.99. The molecule has 0 aromatic carbocycles. The van der Waals surface area contributed by atoms with Crippen molar-refractivity contribution in [3.63, 3.8) is 0 Å². The Hall–Kier alpha value is -2.41. The van der Waals surface area contributed by atoms with Crippen LogP contribution >= 0.6 is 0 Å². The second kappa shape index (κ2) is 4.56. The van der Waals surface area contributed by atoms with Gasteiger partial charge in [-0.1, -0.05) is 18.0 Å². The van der Waals surface area contributed by atoms with E-state index in [-0.39, 0.29) is 0 Å². The minimum absolute atomic E-state index is 0.395. The molecular weight excluding hydrogens is 270 g/mol. The van der Waals surface area contributed by atoms with Crippen molar-refractivity contribution in [2.75, 3.05) is 0 Å². The lowest BCUT2D eigenvalue weighted by Gasteiger charge is -2.17. The Kier molecular flexibility index (Phi) is 2.68. The molecule has 21 heavy (non-hydrogen) atoms. The number of rotatable bonds is 3. The molecule has 7 nitrogen and oxygen atoms in total. The van der Waals surface area contributed by atoms with E-state index in [1.165, 1.54) is 0 Å². The van der Waals surface area contributed by atoms with E-state index in [4.69, 9.17) is 14.7 Å². The first kappa shape index (κ1) is 12.3. The quantitative estimate of drug-likeness (QED) is 0.765. The van der Waals surface area contributed by atoms with Gasteiger partial charge in [0, 0.05) is 6.07 Å². The Morgan fingerprint density at radius 3 is 2.90 bits per heavy atom. The van der Waals surface area contributed by atoms with Gasteiger partial charge in [-0.3, -0.25) is 5.10 Å². The van der Waals surface area contributed by atoms with Gasteiger partial charge in [0.25, 0.3) is 5.89 Å². The van der Waals surface area contributed by atoms with E-state index in [0.29, 0.717) is 28.9 Å².